The first kappa shape index (κ1) is 17.3. The van der Waals surface area contributed by atoms with E-state index in [9.17, 15) is 36.0 Å². The third-order valence-electron chi connectivity index (χ3n) is 4.02. The lowest BCUT2D eigenvalue weighted by atomic mass is 9.82. The zero-order valence-corrected chi connectivity index (χ0v) is 13.2. The van der Waals surface area contributed by atoms with Gasteiger partial charge in [0.2, 0.25) is 0 Å². The number of amides is 1. The molecule has 3 heterocycles. The van der Waals surface area contributed by atoms with E-state index in [2.05, 4.69) is 4.74 Å². The Bertz CT molecular complexity index is 707. The Labute approximate surface area is 137 Å². The minimum absolute atomic E-state index is 0.167. The average Bonchev–Trinajstić information content (AvgIpc) is 3.05. The van der Waals surface area contributed by atoms with Crippen LogP contribution in [0.5, 0.6) is 0 Å². The van der Waals surface area contributed by atoms with Gasteiger partial charge in [0.15, 0.2) is 6.61 Å². The smallest absolute Gasteiger partial charge is 0.460 e. The lowest BCUT2D eigenvalue weighted by Crippen LogP contribution is -2.43. The van der Waals surface area contributed by atoms with Crippen molar-refractivity contribution in [3.05, 3.63) is 0 Å². The third kappa shape index (κ3) is 2.72. The van der Waals surface area contributed by atoms with Crippen molar-refractivity contribution in [2.75, 3.05) is 6.61 Å². The molecular formula is C11H10F3NO7S2. The minimum Gasteiger partial charge on any atom is -0.460 e. The van der Waals surface area contributed by atoms with E-state index in [0.29, 0.717) is 6.42 Å². The standard InChI is InChI=1S/C11H10F3NO7S2/c12-11(13,14)24(19,20)15-5(16)2-21-10(18)6-4-1-3-8(23-4)7(6)22-9(3)17/h3-4,6-8H,1-2H2,(H,15,16). The molecule has 0 aromatic rings. The predicted molar refractivity (Wildman–Crippen MR) is 70.7 cm³/mol. The van der Waals surface area contributed by atoms with Crippen molar-refractivity contribution in [3.63, 3.8) is 0 Å². The minimum atomic E-state index is -5.85. The molecule has 0 aromatic heterocycles. The lowest BCUT2D eigenvalue weighted by molar-refractivity contribution is -0.157. The number of hydrogen-bond acceptors (Lipinski definition) is 8. The number of ether oxygens (including phenoxy) is 2. The lowest BCUT2D eigenvalue weighted by Gasteiger charge is -2.22. The molecule has 1 amide bonds. The SMILES string of the molecule is O=C(COC(=O)C1C2CC3C(=O)OC1C3S2)NS(=O)(=O)C(F)(F)F. The van der Waals surface area contributed by atoms with Crippen LogP contribution >= 0.6 is 11.8 Å². The summed E-state index contributed by atoms with van der Waals surface area (Å²) >= 11 is 1.41. The van der Waals surface area contributed by atoms with E-state index < -0.39 is 52.0 Å². The summed E-state index contributed by atoms with van der Waals surface area (Å²) in [4.78, 5) is 34.8. The van der Waals surface area contributed by atoms with Gasteiger partial charge in [-0.05, 0) is 6.42 Å². The van der Waals surface area contributed by atoms with Gasteiger partial charge < -0.3 is 9.47 Å². The van der Waals surface area contributed by atoms with Crippen molar-refractivity contribution in [1.82, 2.24) is 4.72 Å². The van der Waals surface area contributed by atoms with Crippen molar-refractivity contribution in [2.24, 2.45) is 11.8 Å². The molecule has 0 aliphatic carbocycles. The fraction of sp³-hybridized carbons (Fsp3) is 0.727. The van der Waals surface area contributed by atoms with E-state index in [1.807, 2.05) is 0 Å². The van der Waals surface area contributed by atoms with Gasteiger partial charge in [-0.1, -0.05) is 0 Å². The molecule has 0 aromatic carbocycles. The molecule has 0 radical (unpaired) electrons. The molecule has 2 bridgehead atoms. The molecule has 3 rings (SSSR count). The molecule has 5 atom stereocenters. The van der Waals surface area contributed by atoms with E-state index in [-0.39, 0.29) is 16.4 Å². The number of alkyl halides is 3. The van der Waals surface area contributed by atoms with E-state index >= 15 is 0 Å². The van der Waals surface area contributed by atoms with Crippen LogP contribution in [0.3, 0.4) is 0 Å². The molecule has 1 N–H and O–H groups in total. The van der Waals surface area contributed by atoms with Gasteiger partial charge in [0.25, 0.3) is 5.91 Å². The van der Waals surface area contributed by atoms with Gasteiger partial charge in [0, 0.05) is 5.25 Å². The van der Waals surface area contributed by atoms with E-state index in [1.54, 1.807) is 0 Å². The quantitative estimate of drug-likeness (QED) is 0.643. The number of carbonyl (C=O) groups excluding carboxylic acids is 3. The first-order valence-electron chi connectivity index (χ1n) is 6.66. The number of thioether (sulfide) groups is 1. The van der Waals surface area contributed by atoms with Crippen LogP contribution in [-0.4, -0.2) is 55.0 Å². The average molecular weight is 389 g/mol. The van der Waals surface area contributed by atoms with Crippen LogP contribution in [0.25, 0.3) is 0 Å². The molecule has 24 heavy (non-hydrogen) atoms. The molecule has 3 aliphatic heterocycles. The molecule has 3 saturated heterocycles. The van der Waals surface area contributed by atoms with E-state index in [1.165, 1.54) is 11.8 Å². The first-order chi connectivity index (χ1) is 11.0. The second-order valence-electron chi connectivity index (χ2n) is 5.49. The molecule has 0 saturated carbocycles. The number of nitrogens with one attached hydrogen (secondary N) is 1. The Morgan fingerprint density at radius 1 is 1.38 bits per heavy atom. The number of carbonyl (C=O) groups is 3. The number of hydrogen-bond donors (Lipinski definition) is 1. The van der Waals surface area contributed by atoms with Crippen LogP contribution in [0, 0.1) is 11.8 Å². The van der Waals surface area contributed by atoms with Gasteiger partial charge in [-0.25, -0.2) is 4.72 Å². The third-order valence-corrected chi connectivity index (χ3v) is 6.87. The summed E-state index contributed by atoms with van der Waals surface area (Å²) in [6.07, 6.45) is -0.250. The first-order valence-corrected chi connectivity index (χ1v) is 9.08. The molecule has 8 nitrogen and oxygen atoms in total. The van der Waals surface area contributed by atoms with Gasteiger partial charge in [-0.3, -0.25) is 14.4 Å². The van der Waals surface area contributed by atoms with Crippen LogP contribution in [0.15, 0.2) is 0 Å². The Balaban J connectivity index is 1.56. The molecular weight excluding hydrogens is 379 g/mol. The van der Waals surface area contributed by atoms with Crippen LogP contribution in [0.1, 0.15) is 6.42 Å². The second-order valence-corrected chi connectivity index (χ2v) is 8.59. The topological polar surface area (TPSA) is 116 Å². The second kappa shape index (κ2) is 5.51. The number of halogens is 3. The number of rotatable bonds is 4. The van der Waals surface area contributed by atoms with Crippen LogP contribution in [0.4, 0.5) is 13.2 Å². The van der Waals surface area contributed by atoms with Crippen LogP contribution in [-0.2, 0) is 33.9 Å². The van der Waals surface area contributed by atoms with Crippen molar-refractivity contribution in [3.8, 4) is 0 Å². The molecule has 0 spiro atoms. The highest BCUT2D eigenvalue weighted by Crippen LogP contribution is 2.57. The van der Waals surface area contributed by atoms with Gasteiger partial charge in [-0.15, -0.1) is 11.8 Å². The molecule has 13 heteroatoms. The Hall–Kier alpha value is -1.50. The van der Waals surface area contributed by atoms with Crippen LogP contribution < -0.4 is 4.72 Å². The highest BCUT2D eigenvalue weighted by atomic mass is 32.2. The fourth-order valence-corrected chi connectivity index (χ4v) is 5.46. The largest absolute Gasteiger partial charge is 0.516 e. The van der Waals surface area contributed by atoms with Gasteiger partial charge in [-0.2, -0.15) is 21.6 Å². The highest BCUT2D eigenvalue weighted by Gasteiger charge is 2.65. The van der Waals surface area contributed by atoms with E-state index in [4.69, 9.17) is 4.74 Å². The maximum absolute atomic E-state index is 12.1. The normalized spacial score (nSPS) is 34.1. The molecule has 3 aliphatic rings. The summed E-state index contributed by atoms with van der Waals surface area (Å²) in [6, 6.07) is 0. The Kier molecular flexibility index (Phi) is 3.98. The van der Waals surface area contributed by atoms with Crippen LogP contribution in [0.2, 0.25) is 0 Å². The van der Waals surface area contributed by atoms with Gasteiger partial charge in [0.05, 0.1) is 11.2 Å². The van der Waals surface area contributed by atoms with Crippen molar-refractivity contribution >= 4 is 39.6 Å². The Morgan fingerprint density at radius 2 is 2.04 bits per heavy atom. The van der Waals surface area contributed by atoms with E-state index in [0.717, 1.165) is 4.72 Å². The number of fused-ring (bicyclic) bond motifs is 1. The summed E-state index contributed by atoms with van der Waals surface area (Å²) < 4.78 is 68.3. The summed E-state index contributed by atoms with van der Waals surface area (Å²) in [5.41, 5.74) is -5.65. The monoisotopic (exact) mass is 389 g/mol. The fourth-order valence-electron chi connectivity index (χ4n) is 3.04. The van der Waals surface area contributed by atoms with Crippen molar-refractivity contribution in [1.29, 1.82) is 0 Å². The summed E-state index contributed by atoms with van der Waals surface area (Å²) in [6.45, 7) is -1.18. The Morgan fingerprint density at radius 3 is 2.67 bits per heavy atom. The maximum atomic E-state index is 12.1. The summed E-state index contributed by atoms with van der Waals surface area (Å²) in [5, 5.41) is -0.398. The zero-order chi connectivity index (χ0) is 17.9. The van der Waals surface area contributed by atoms with Gasteiger partial charge in [0.1, 0.15) is 12.0 Å². The van der Waals surface area contributed by atoms with Crippen molar-refractivity contribution < 1.29 is 45.4 Å². The number of esters is 2. The molecule has 134 valence electrons. The molecule has 3 fully saturated rings. The van der Waals surface area contributed by atoms with Crippen molar-refractivity contribution in [2.45, 2.75) is 28.5 Å². The zero-order valence-electron chi connectivity index (χ0n) is 11.6. The summed E-state index contributed by atoms with van der Waals surface area (Å²) in [7, 11) is -5.85. The predicted octanol–water partition coefficient (Wildman–Crippen LogP) is -0.459. The highest BCUT2D eigenvalue weighted by molar-refractivity contribution is 8.01. The summed E-state index contributed by atoms with van der Waals surface area (Å²) in [5.74, 6) is -4.02. The molecule has 5 unspecified atom stereocenters. The number of sulfonamides is 1. The maximum Gasteiger partial charge on any atom is 0.516 e. The van der Waals surface area contributed by atoms with Gasteiger partial charge >= 0.3 is 27.5 Å².